The van der Waals surface area contributed by atoms with Crippen LogP contribution in [0, 0.1) is 0 Å². The van der Waals surface area contributed by atoms with E-state index in [0.717, 1.165) is 4.88 Å². The summed E-state index contributed by atoms with van der Waals surface area (Å²) in [5.74, 6) is -0.510. The van der Waals surface area contributed by atoms with Crippen LogP contribution in [0.1, 0.15) is 25.6 Å². The number of nitrogens with zero attached hydrogens (tertiary/aromatic N) is 1. The van der Waals surface area contributed by atoms with Crippen LogP contribution in [0.2, 0.25) is 4.47 Å². The molecule has 0 saturated carbocycles. The number of amides is 2. The summed E-state index contributed by atoms with van der Waals surface area (Å²) in [4.78, 5) is 28.5. The van der Waals surface area contributed by atoms with Crippen LogP contribution >= 0.6 is 22.9 Å². The number of thiazole rings is 1. The lowest BCUT2D eigenvalue weighted by Crippen LogP contribution is -2.21. The molecule has 0 radical (unpaired) electrons. The number of carbonyl (C=O) groups excluding carboxylic acids is 2. The molecule has 6 nitrogen and oxygen atoms in total. The lowest BCUT2D eigenvalue weighted by atomic mass is 10.1. The van der Waals surface area contributed by atoms with Crippen molar-refractivity contribution in [3.8, 4) is 0 Å². The number of nitrogens with one attached hydrogen (secondary N) is 3. The Balaban J connectivity index is 2.24. The molecule has 0 aliphatic heterocycles. The number of hydrogen-bond donors (Lipinski definition) is 3. The Hall–Kier alpha value is -2.12. The van der Waals surface area contributed by atoms with E-state index in [9.17, 15) is 9.59 Å². The van der Waals surface area contributed by atoms with E-state index in [2.05, 4.69) is 20.9 Å². The van der Waals surface area contributed by atoms with E-state index >= 15 is 0 Å². The highest BCUT2D eigenvalue weighted by Crippen LogP contribution is 2.20. The number of rotatable bonds is 5. The fourth-order valence-electron chi connectivity index (χ4n) is 1.84. The van der Waals surface area contributed by atoms with Crippen LogP contribution in [0.4, 0.5) is 5.69 Å². The van der Waals surface area contributed by atoms with Gasteiger partial charge in [0.2, 0.25) is 0 Å². The summed E-state index contributed by atoms with van der Waals surface area (Å²) >= 11 is 7.16. The molecule has 1 aromatic carbocycles. The first-order valence-corrected chi connectivity index (χ1v) is 7.66. The fraction of sp³-hybridized carbons (Fsp3) is 0.214. The van der Waals surface area contributed by atoms with E-state index in [4.69, 9.17) is 11.6 Å². The normalized spacial score (nSPS) is 10.1. The molecule has 116 valence electrons. The Morgan fingerprint density at radius 2 is 1.73 bits per heavy atom. The SMILES string of the molecule is CNC(=O)c1cc(NCc2cnc(Cl)s2)cc(C(=O)NC)c1. The zero-order chi connectivity index (χ0) is 16.1. The van der Waals surface area contributed by atoms with Crippen molar-refractivity contribution >= 4 is 40.4 Å². The van der Waals surface area contributed by atoms with Crippen molar-refractivity contribution in [1.82, 2.24) is 15.6 Å². The van der Waals surface area contributed by atoms with Crippen LogP contribution < -0.4 is 16.0 Å². The first kappa shape index (κ1) is 16.3. The van der Waals surface area contributed by atoms with Crippen molar-refractivity contribution in [2.75, 3.05) is 19.4 Å². The highest BCUT2D eigenvalue weighted by molar-refractivity contribution is 7.15. The van der Waals surface area contributed by atoms with E-state index in [0.29, 0.717) is 27.8 Å². The number of anilines is 1. The monoisotopic (exact) mass is 338 g/mol. The highest BCUT2D eigenvalue weighted by Gasteiger charge is 2.11. The first-order chi connectivity index (χ1) is 10.5. The summed E-state index contributed by atoms with van der Waals surface area (Å²) in [5.41, 5.74) is 1.49. The molecule has 1 aromatic heterocycles. The quantitative estimate of drug-likeness (QED) is 0.780. The van der Waals surface area contributed by atoms with Crippen molar-refractivity contribution in [3.63, 3.8) is 0 Å². The molecule has 0 aliphatic carbocycles. The molecular weight excluding hydrogens is 324 g/mol. The second-order valence-electron chi connectivity index (χ2n) is 4.39. The lowest BCUT2D eigenvalue weighted by Gasteiger charge is -2.10. The second-order valence-corrected chi connectivity index (χ2v) is 6.09. The van der Waals surface area contributed by atoms with Crippen LogP contribution in [0.3, 0.4) is 0 Å². The summed E-state index contributed by atoms with van der Waals surface area (Å²) in [6.07, 6.45) is 1.68. The van der Waals surface area contributed by atoms with Crippen molar-refractivity contribution < 1.29 is 9.59 Å². The molecular formula is C14H15ClN4O2S. The Morgan fingerprint density at radius 1 is 1.14 bits per heavy atom. The van der Waals surface area contributed by atoms with Gasteiger partial charge < -0.3 is 16.0 Å². The van der Waals surface area contributed by atoms with E-state index in [1.54, 1.807) is 38.5 Å². The van der Waals surface area contributed by atoms with E-state index in [-0.39, 0.29) is 11.8 Å². The van der Waals surface area contributed by atoms with Gasteiger partial charge in [-0.3, -0.25) is 9.59 Å². The van der Waals surface area contributed by atoms with Gasteiger partial charge in [0.25, 0.3) is 11.8 Å². The van der Waals surface area contributed by atoms with Gasteiger partial charge in [-0.1, -0.05) is 11.6 Å². The van der Waals surface area contributed by atoms with Gasteiger partial charge in [-0.15, -0.1) is 11.3 Å². The van der Waals surface area contributed by atoms with Crippen molar-refractivity contribution in [3.05, 3.63) is 44.9 Å². The molecule has 0 saturated heterocycles. The lowest BCUT2D eigenvalue weighted by molar-refractivity contribution is 0.0962. The number of benzene rings is 1. The summed E-state index contributed by atoms with van der Waals surface area (Å²) in [5, 5.41) is 8.26. The van der Waals surface area contributed by atoms with Gasteiger partial charge in [-0.2, -0.15) is 0 Å². The molecule has 0 fully saturated rings. The molecule has 1 heterocycles. The van der Waals surface area contributed by atoms with Gasteiger partial charge in [0.05, 0.1) is 6.54 Å². The summed E-state index contributed by atoms with van der Waals surface area (Å²) < 4.78 is 0.474. The average molecular weight is 339 g/mol. The Kier molecular flexibility index (Phi) is 5.35. The van der Waals surface area contributed by atoms with Crippen LogP contribution in [-0.2, 0) is 6.54 Å². The largest absolute Gasteiger partial charge is 0.380 e. The van der Waals surface area contributed by atoms with E-state index < -0.39 is 0 Å². The Morgan fingerprint density at radius 3 is 2.18 bits per heavy atom. The molecule has 0 spiro atoms. The van der Waals surface area contributed by atoms with Crippen molar-refractivity contribution in [2.24, 2.45) is 0 Å². The highest BCUT2D eigenvalue weighted by atomic mass is 35.5. The van der Waals surface area contributed by atoms with Crippen LogP contribution in [-0.4, -0.2) is 30.9 Å². The molecule has 22 heavy (non-hydrogen) atoms. The molecule has 2 rings (SSSR count). The van der Waals surface area contributed by atoms with Crippen LogP contribution in [0.5, 0.6) is 0 Å². The molecule has 0 unspecified atom stereocenters. The third-order valence-electron chi connectivity index (χ3n) is 2.90. The third-order valence-corrected chi connectivity index (χ3v) is 4.02. The fourth-order valence-corrected chi connectivity index (χ4v) is 2.75. The van der Waals surface area contributed by atoms with Gasteiger partial charge in [0.15, 0.2) is 4.47 Å². The van der Waals surface area contributed by atoms with Gasteiger partial charge in [0, 0.05) is 42.0 Å². The second kappa shape index (κ2) is 7.24. The average Bonchev–Trinajstić information content (AvgIpc) is 2.96. The summed E-state index contributed by atoms with van der Waals surface area (Å²) in [7, 11) is 3.09. The first-order valence-electron chi connectivity index (χ1n) is 6.47. The maximum Gasteiger partial charge on any atom is 0.251 e. The predicted molar refractivity (Wildman–Crippen MR) is 87.7 cm³/mol. The Labute approximate surface area is 136 Å². The molecule has 0 bridgehead atoms. The van der Waals surface area contributed by atoms with E-state index in [1.807, 2.05) is 0 Å². The smallest absolute Gasteiger partial charge is 0.251 e. The number of aromatic nitrogens is 1. The van der Waals surface area contributed by atoms with Gasteiger partial charge in [-0.05, 0) is 18.2 Å². The number of hydrogen-bond acceptors (Lipinski definition) is 5. The zero-order valence-corrected chi connectivity index (χ0v) is 13.6. The number of halogens is 1. The topological polar surface area (TPSA) is 83.1 Å². The van der Waals surface area contributed by atoms with E-state index in [1.165, 1.54) is 11.3 Å². The summed E-state index contributed by atoms with van der Waals surface area (Å²) in [6.45, 7) is 0.509. The number of carbonyl (C=O) groups is 2. The van der Waals surface area contributed by atoms with Crippen molar-refractivity contribution in [2.45, 2.75) is 6.54 Å². The van der Waals surface area contributed by atoms with Gasteiger partial charge in [0.1, 0.15) is 0 Å². The van der Waals surface area contributed by atoms with Crippen LogP contribution in [0.15, 0.2) is 24.4 Å². The molecule has 3 N–H and O–H groups in total. The minimum atomic E-state index is -0.255. The van der Waals surface area contributed by atoms with Crippen molar-refractivity contribution in [1.29, 1.82) is 0 Å². The Bertz CT molecular complexity index is 668. The molecule has 2 aromatic rings. The molecule has 0 aliphatic rings. The van der Waals surface area contributed by atoms with Crippen LogP contribution in [0.25, 0.3) is 0 Å². The molecule has 0 atom stereocenters. The minimum absolute atomic E-state index is 0.255. The predicted octanol–water partition coefficient (Wildman–Crippen LogP) is 2.13. The standard InChI is InChI=1S/C14H15ClN4O2S/c1-16-12(20)8-3-9(13(21)17-2)5-10(4-8)18-6-11-7-19-14(15)22-11/h3-5,7,18H,6H2,1-2H3,(H,16,20)(H,17,21). The maximum atomic E-state index is 11.8. The third kappa shape index (κ3) is 3.96. The van der Waals surface area contributed by atoms with Gasteiger partial charge >= 0.3 is 0 Å². The molecule has 8 heteroatoms. The van der Waals surface area contributed by atoms with Gasteiger partial charge in [-0.25, -0.2) is 4.98 Å². The molecule has 2 amide bonds. The summed E-state index contributed by atoms with van der Waals surface area (Å²) in [6, 6.07) is 4.92. The maximum absolute atomic E-state index is 11.8. The zero-order valence-electron chi connectivity index (χ0n) is 12.1. The minimum Gasteiger partial charge on any atom is -0.380 e.